The number of hydrogen-bond donors (Lipinski definition) is 2. The van der Waals surface area contributed by atoms with Gasteiger partial charge in [-0.25, -0.2) is 0 Å². The van der Waals surface area contributed by atoms with Crippen LogP contribution >= 0.6 is 0 Å². The highest BCUT2D eigenvalue weighted by Crippen LogP contribution is 2.18. The van der Waals surface area contributed by atoms with Crippen molar-refractivity contribution in [2.75, 3.05) is 17.7 Å². The first kappa shape index (κ1) is 17.3. The summed E-state index contributed by atoms with van der Waals surface area (Å²) in [6.45, 7) is 3.11. The van der Waals surface area contributed by atoms with Gasteiger partial charge in [-0.05, 0) is 55.5 Å². The lowest BCUT2D eigenvalue weighted by atomic mass is 10.2. The molecule has 0 saturated carbocycles. The number of carbonyl (C=O) groups excluding carboxylic acids is 2. The van der Waals surface area contributed by atoms with Gasteiger partial charge in [0.1, 0.15) is 11.5 Å². The zero-order valence-corrected chi connectivity index (χ0v) is 13.8. The molecular weight excluding hydrogens is 308 g/mol. The number of benzene rings is 2. The second kappa shape index (κ2) is 8.01. The van der Waals surface area contributed by atoms with Crippen LogP contribution in [0.2, 0.25) is 0 Å². The van der Waals surface area contributed by atoms with Crippen LogP contribution in [0.1, 0.15) is 13.8 Å². The van der Waals surface area contributed by atoms with Gasteiger partial charge in [-0.3, -0.25) is 9.59 Å². The molecule has 2 aromatic carbocycles. The highest BCUT2D eigenvalue weighted by molar-refractivity contribution is 5.94. The lowest BCUT2D eigenvalue weighted by Gasteiger charge is -2.15. The van der Waals surface area contributed by atoms with Gasteiger partial charge in [0.25, 0.3) is 5.91 Å². The van der Waals surface area contributed by atoms with Crippen molar-refractivity contribution in [3.63, 3.8) is 0 Å². The molecule has 0 fully saturated rings. The van der Waals surface area contributed by atoms with E-state index in [1.807, 2.05) is 0 Å². The first-order valence-corrected chi connectivity index (χ1v) is 7.47. The Morgan fingerprint density at radius 2 is 1.38 bits per heavy atom. The third-order valence-corrected chi connectivity index (χ3v) is 3.21. The molecule has 2 N–H and O–H groups in total. The number of ether oxygens (including phenoxy) is 2. The largest absolute Gasteiger partial charge is 0.497 e. The van der Waals surface area contributed by atoms with Gasteiger partial charge in [0.15, 0.2) is 6.10 Å². The lowest BCUT2D eigenvalue weighted by molar-refractivity contribution is -0.122. The maximum absolute atomic E-state index is 12.2. The summed E-state index contributed by atoms with van der Waals surface area (Å²) >= 11 is 0. The van der Waals surface area contributed by atoms with Crippen molar-refractivity contribution in [3.8, 4) is 11.5 Å². The average molecular weight is 328 g/mol. The summed E-state index contributed by atoms with van der Waals surface area (Å²) in [5, 5.41) is 5.44. The van der Waals surface area contributed by atoms with Gasteiger partial charge in [0.05, 0.1) is 7.11 Å². The highest BCUT2D eigenvalue weighted by atomic mass is 16.5. The molecule has 2 amide bonds. The van der Waals surface area contributed by atoms with Crippen LogP contribution in [0.3, 0.4) is 0 Å². The quantitative estimate of drug-likeness (QED) is 0.854. The zero-order valence-electron chi connectivity index (χ0n) is 13.8. The minimum Gasteiger partial charge on any atom is -0.497 e. The van der Waals surface area contributed by atoms with Crippen molar-refractivity contribution in [1.29, 1.82) is 0 Å². The molecule has 0 heterocycles. The Labute approximate surface area is 140 Å². The predicted molar refractivity (Wildman–Crippen MR) is 92.5 cm³/mol. The van der Waals surface area contributed by atoms with Crippen LogP contribution in [-0.2, 0) is 9.59 Å². The van der Waals surface area contributed by atoms with E-state index in [-0.39, 0.29) is 11.8 Å². The Morgan fingerprint density at radius 3 is 1.88 bits per heavy atom. The molecule has 126 valence electrons. The second-order valence-corrected chi connectivity index (χ2v) is 5.18. The number of methoxy groups -OCH3 is 1. The van der Waals surface area contributed by atoms with Gasteiger partial charge in [-0.15, -0.1) is 0 Å². The van der Waals surface area contributed by atoms with Crippen LogP contribution in [0.15, 0.2) is 48.5 Å². The van der Waals surface area contributed by atoms with Gasteiger partial charge in [-0.2, -0.15) is 0 Å². The van der Waals surface area contributed by atoms with Crippen molar-refractivity contribution in [2.45, 2.75) is 20.0 Å². The van der Waals surface area contributed by atoms with Crippen LogP contribution in [0.25, 0.3) is 0 Å². The summed E-state index contributed by atoms with van der Waals surface area (Å²) in [4.78, 5) is 23.1. The molecule has 0 aliphatic carbocycles. The summed E-state index contributed by atoms with van der Waals surface area (Å²) < 4.78 is 10.7. The Bertz CT molecular complexity index is 696. The molecule has 0 unspecified atom stereocenters. The molecule has 0 saturated heterocycles. The molecular formula is C18H20N2O4. The van der Waals surface area contributed by atoms with Crippen LogP contribution in [0, 0.1) is 0 Å². The molecule has 2 rings (SSSR count). The highest BCUT2D eigenvalue weighted by Gasteiger charge is 2.15. The molecule has 0 aliphatic rings. The number of amides is 2. The molecule has 6 nitrogen and oxygen atoms in total. The molecule has 0 aliphatic heterocycles. The average Bonchev–Trinajstić information content (AvgIpc) is 2.56. The van der Waals surface area contributed by atoms with E-state index in [9.17, 15) is 9.59 Å². The van der Waals surface area contributed by atoms with Gasteiger partial charge in [0.2, 0.25) is 5.91 Å². The van der Waals surface area contributed by atoms with Crippen LogP contribution in [0.4, 0.5) is 11.4 Å². The molecule has 0 spiro atoms. The van der Waals surface area contributed by atoms with E-state index in [4.69, 9.17) is 9.47 Å². The smallest absolute Gasteiger partial charge is 0.265 e. The number of hydrogen-bond acceptors (Lipinski definition) is 4. The monoisotopic (exact) mass is 328 g/mol. The topological polar surface area (TPSA) is 76.7 Å². The van der Waals surface area contributed by atoms with Crippen LogP contribution < -0.4 is 20.1 Å². The summed E-state index contributed by atoms with van der Waals surface area (Å²) in [6, 6.07) is 13.9. The Hall–Kier alpha value is -3.02. The van der Waals surface area contributed by atoms with Crippen molar-refractivity contribution in [2.24, 2.45) is 0 Å². The standard InChI is InChI=1S/C18H20N2O4/c1-12(18(22)20-15-4-8-16(23-3)9-5-15)24-17-10-6-14(7-11-17)19-13(2)21/h4-12H,1-3H3,(H,19,21)(H,20,22)/t12-/m1/s1. The normalized spacial score (nSPS) is 11.3. The first-order chi connectivity index (χ1) is 11.5. The molecule has 0 radical (unpaired) electrons. The predicted octanol–water partition coefficient (Wildman–Crippen LogP) is 3.06. The molecule has 6 heteroatoms. The SMILES string of the molecule is COc1ccc(NC(=O)[C@@H](C)Oc2ccc(NC(C)=O)cc2)cc1. The Morgan fingerprint density at radius 1 is 0.875 bits per heavy atom. The third kappa shape index (κ3) is 5.01. The van der Waals surface area contributed by atoms with Gasteiger partial charge >= 0.3 is 0 Å². The minimum atomic E-state index is -0.668. The fourth-order valence-corrected chi connectivity index (χ4v) is 2.00. The molecule has 0 bridgehead atoms. The Kier molecular flexibility index (Phi) is 5.78. The fourth-order valence-electron chi connectivity index (χ4n) is 2.00. The van der Waals surface area contributed by atoms with Crippen molar-refractivity contribution < 1.29 is 19.1 Å². The zero-order chi connectivity index (χ0) is 17.5. The first-order valence-electron chi connectivity index (χ1n) is 7.47. The molecule has 24 heavy (non-hydrogen) atoms. The maximum atomic E-state index is 12.2. The number of anilines is 2. The fraction of sp³-hybridized carbons (Fsp3) is 0.222. The summed E-state index contributed by atoms with van der Waals surface area (Å²) in [6.07, 6.45) is -0.668. The molecule has 0 aromatic heterocycles. The van der Waals surface area contributed by atoms with E-state index >= 15 is 0 Å². The van der Waals surface area contributed by atoms with E-state index in [0.717, 1.165) is 5.75 Å². The van der Waals surface area contributed by atoms with Gasteiger partial charge in [-0.1, -0.05) is 0 Å². The number of nitrogens with one attached hydrogen (secondary N) is 2. The van der Waals surface area contributed by atoms with Crippen molar-refractivity contribution >= 4 is 23.2 Å². The van der Waals surface area contributed by atoms with Crippen molar-refractivity contribution in [3.05, 3.63) is 48.5 Å². The van der Waals surface area contributed by atoms with Crippen LogP contribution in [-0.4, -0.2) is 25.0 Å². The van der Waals surface area contributed by atoms with E-state index in [1.54, 1.807) is 62.6 Å². The summed E-state index contributed by atoms with van der Waals surface area (Å²) in [7, 11) is 1.58. The van der Waals surface area contributed by atoms with Gasteiger partial charge in [0, 0.05) is 18.3 Å². The Balaban J connectivity index is 1.91. The van der Waals surface area contributed by atoms with Crippen molar-refractivity contribution in [1.82, 2.24) is 0 Å². The number of rotatable bonds is 6. The van der Waals surface area contributed by atoms with Gasteiger partial charge < -0.3 is 20.1 Å². The maximum Gasteiger partial charge on any atom is 0.265 e. The molecule has 2 aromatic rings. The van der Waals surface area contributed by atoms with E-state index in [1.165, 1.54) is 6.92 Å². The van der Waals surface area contributed by atoms with E-state index < -0.39 is 6.10 Å². The lowest BCUT2D eigenvalue weighted by Crippen LogP contribution is -2.30. The summed E-state index contributed by atoms with van der Waals surface area (Å²) in [5.74, 6) is 0.861. The second-order valence-electron chi connectivity index (χ2n) is 5.18. The van der Waals surface area contributed by atoms with E-state index in [0.29, 0.717) is 17.1 Å². The molecule has 1 atom stereocenters. The van der Waals surface area contributed by atoms with E-state index in [2.05, 4.69) is 10.6 Å². The third-order valence-electron chi connectivity index (χ3n) is 3.21. The number of carbonyl (C=O) groups is 2. The minimum absolute atomic E-state index is 0.143. The van der Waals surface area contributed by atoms with Crippen LogP contribution in [0.5, 0.6) is 11.5 Å². The summed E-state index contributed by atoms with van der Waals surface area (Å²) in [5.41, 5.74) is 1.34.